The lowest BCUT2D eigenvalue weighted by Gasteiger charge is -2.26. The van der Waals surface area contributed by atoms with Gasteiger partial charge in [0.15, 0.2) is 0 Å². The Morgan fingerprint density at radius 1 is 1.03 bits per heavy atom. The van der Waals surface area contributed by atoms with Crippen LogP contribution in [-0.2, 0) is 30.1 Å². The van der Waals surface area contributed by atoms with Gasteiger partial charge in [0.1, 0.15) is 18.2 Å². The summed E-state index contributed by atoms with van der Waals surface area (Å²) < 4.78 is 35.3. The van der Waals surface area contributed by atoms with Crippen LogP contribution in [0.25, 0.3) is 0 Å². The van der Waals surface area contributed by atoms with Crippen molar-refractivity contribution >= 4 is 21.6 Å². The topological polar surface area (TPSA) is 84.7 Å². The summed E-state index contributed by atoms with van der Waals surface area (Å²) in [5, 5.41) is 0. The van der Waals surface area contributed by atoms with Gasteiger partial charge in [-0.15, -0.1) is 0 Å². The van der Waals surface area contributed by atoms with Crippen molar-refractivity contribution in [2.24, 2.45) is 7.05 Å². The van der Waals surface area contributed by atoms with Gasteiger partial charge in [-0.1, -0.05) is 6.42 Å². The molecule has 0 atom stereocenters. The molecule has 2 aliphatic rings. The van der Waals surface area contributed by atoms with Gasteiger partial charge in [-0.2, -0.15) is 4.31 Å². The van der Waals surface area contributed by atoms with Crippen LogP contribution in [0.15, 0.2) is 59.8 Å². The first-order valence-electron chi connectivity index (χ1n) is 11.6. The Labute approximate surface area is 199 Å². The van der Waals surface area contributed by atoms with E-state index in [4.69, 9.17) is 4.74 Å². The van der Waals surface area contributed by atoms with Crippen LogP contribution in [0.5, 0.6) is 5.75 Å². The smallest absolute Gasteiger partial charge is 0.258 e. The summed E-state index contributed by atoms with van der Waals surface area (Å²) in [7, 11) is -1.58. The van der Waals surface area contributed by atoms with Crippen LogP contribution in [0.1, 0.15) is 41.0 Å². The molecule has 0 spiro atoms. The van der Waals surface area contributed by atoms with Crippen molar-refractivity contribution in [2.75, 3.05) is 24.5 Å². The number of rotatable bonds is 6. The Balaban J connectivity index is 1.28. The number of aryl methyl sites for hydroxylation is 1. The van der Waals surface area contributed by atoms with E-state index in [9.17, 15) is 13.2 Å². The minimum Gasteiger partial charge on any atom is -0.486 e. The maximum absolute atomic E-state index is 13.2. The first-order valence-corrected chi connectivity index (χ1v) is 13.0. The molecule has 178 valence electrons. The van der Waals surface area contributed by atoms with Crippen molar-refractivity contribution in [1.29, 1.82) is 0 Å². The molecule has 0 saturated carbocycles. The second-order valence-electron chi connectivity index (χ2n) is 8.73. The van der Waals surface area contributed by atoms with E-state index in [2.05, 4.69) is 4.98 Å². The number of carbonyl (C=O) groups excluding carboxylic acids is 1. The molecule has 1 aromatic heterocycles. The van der Waals surface area contributed by atoms with E-state index in [0.717, 1.165) is 36.3 Å². The second kappa shape index (κ2) is 9.23. The highest BCUT2D eigenvalue weighted by molar-refractivity contribution is 7.89. The van der Waals surface area contributed by atoms with Crippen LogP contribution < -0.4 is 9.64 Å². The standard InChI is InChI=1S/C25H28N4O4S/c1-27-16-12-26-24(27)18-33-21-7-5-19(6-8-21)25(30)29-15-11-20-17-22(9-10-23(20)29)34(31,32)28-13-3-2-4-14-28/h5-10,12,16-17H,2-4,11,13-15,18H2,1H3. The van der Waals surface area contributed by atoms with Gasteiger partial charge in [-0.3, -0.25) is 4.79 Å². The van der Waals surface area contributed by atoms with Crippen molar-refractivity contribution in [2.45, 2.75) is 37.2 Å². The summed E-state index contributed by atoms with van der Waals surface area (Å²) in [6, 6.07) is 12.2. The fourth-order valence-corrected chi connectivity index (χ4v) is 6.11. The second-order valence-corrected chi connectivity index (χ2v) is 10.7. The molecule has 3 heterocycles. The molecule has 3 aromatic rings. The average Bonchev–Trinajstić information content (AvgIpc) is 3.48. The molecule has 1 fully saturated rings. The highest BCUT2D eigenvalue weighted by atomic mass is 32.2. The number of imidazole rings is 1. The summed E-state index contributed by atoms with van der Waals surface area (Å²) in [5.74, 6) is 1.37. The highest BCUT2D eigenvalue weighted by Gasteiger charge is 2.30. The molecule has 1 amide bonds. The molecule has 0 N–H and O–H groups in total. The van der Waals surface area contributed by atoms with Gasteiger partial charge >= 0.3 is 0 Å². The predicted octanol–water partition coefficient (Wildman–Crippen LogP) is 3.38. The number of amides is 1. The molecule has 0 aliphatic carbocycles. The summed E-state index contributed by atoms with van der Waals surface area (Å²) in [5.41, 5.74) is 2.22. The highest BCUT2D eigenvalue weighted by Crippen LogP contribution is 2.33. The Morgan fingerprint density at radius 3 is 2.50 bits per heavy atom. The molecule has 1 saturated heterocycles. The number of aromatic nitrogens is 2. The number of hydrogen-bond acceptors (Lipinski definition) is 5. The van der Waals surface area contributed by atoms with E-state index < -0.39 is 10.0 Å². The van der Waals surface area contributed by atoms with E-state index >= 15 is 0 Å². The third-order valence-corrected chi connectivity index (χ3v) is 8.43. The van der Waals surface area contributed by atoms with Gasteiger partial charge in [0.2, 0.25) is 10.0 Å². The van der Waals surface area contributed by atoms with Crippen molar-refractivity contribution in [1.82, 2.24) is 13.9 Å². The first kappa shape index (κ1) is 22.6. The summed E-state index contributed by atoms with van der Waals surface area (Å²) in [6.45, 7) is 2.02. The molecule has 34 heavy (non-hydrogen) atoms. The van der Waals surface area contributed by atoms with Crippen LogP contribution in [0, 0.1) is 0 Å². The maximum Gasteiger partial charge on any atom is 0.258 e. The van der Waals surface area contributed by atoms with Gasteiger partial charge in [-0.05, 0) is 67.3 Å². The Hall–Kier alpha value is -3.17. The molecule has 9 heteroatoms. The average molecular weight is 481 g/mol. The van der Waals surface area contributed by atoms with E-state index in [1.54, 1.807) is 57.9 Å². The zero-order valence-corrected chi connectivity index (χ0v) is 20.0. The molecule has 0 bridgehead atoms. The van der Waals surface area contributed by atoms with Crippen molar-refractivity contribution in [3.63, 3.8) is 0 Å². The van der Waals surface area contributed by atoms with Gasteiger partial charge in [-0.25, -0.2) is 13.4 Å². The molecule has 2 aromatic carbocycles. The molecule has 0 radical (unpaired) electrons. The Bertz CT molecular complexity index is 1290. The van der Waals surface area contributed by atoms with Gasteiger partial charge in [0, 0.05) is 50.3 Å². The number of anilines is 1. The monoisotopic (exact) mass is 480 g/mol. The largest absolute Gasteiger partial charge is 0.486 e. The van der Waals surface area contributed by atoms with E-state index in [1.807, 2.05) is 17.8 Å². The maximum atomic E-state index is 13.2. The molecular weight excluding hydrogens is 452 g/mol. The lowest BCUT2D eigenvalue weighted by Crippen LogP contribution is -2.35. The van der Waals surface area contributed by atoms with Crippen LogP contribution in [-0.4, -0.2) is 47.8 Å². The third-order valence-electron chi connectivity index (χ3n) is 6.53. The minimum atomic E-state index is -3.49. The predicted molar refractivity (Wildman–Crippen MR) is 128 cm³/mol. The Morgan fingerprint density at radius 2 is 1.79 bits per heavy atom. The molecule has 0 unspecified atom stereocenters. The van der Waals surface area contributed by atoms with Crippen LogP contribution in [0.4, 0.5) is 5.69 Å². The zero-order valence-electron chi connectivity index (χ0n) is 19.2. The number of carbonyl (C=O) groups is 1. The SMILES string of the molecule is Cn1ccnc1COc1ccc(C(=O)N2CCc3cc(S(=O)(=O)N4CCCCC4)ccc32)cc1. The van der Waals surface area contributed by atoms with E-state index in [0.29, 0.717) is 48.9 Å². The fourth-order valence-electron chi connectivity index (χ4n) is 4.54. The molecular formula is C25H28N4O4S. The zero-order chi connectivity index (χ0) is 23.7. The number of sulfonamides is 1. The quantitative estimate of drug-likeness (QED) is 0.540. The van der Waals surface area contributed by atoms with Crippen LogP contribution >= 0.6 is 0 Å². The molecule has 5 rings (SSSR count). The summed E-state index contributed by atoms with van der Waals surface area (Å²) in [6.07, 6.45) is 7.10. The van der Waals surface area contributed by atoms with Crippen molar-refractivity contribution in [3.05, 3.63) is 71.8 Å². The van der Waals surface area contributed by atoms with E-state index in [-0.39, 0.29) is 5.91 Å². The van der Waals surface area contributed by atoms with Gasteiger partial charge in [0.25, 0.3) is 5.91 Å². The Kier molecular flexibility index (Phi) is 6.14. The van der Waals surface area contributed by atoms with Crippen LogP contribution in [0.2, 0.25) is 0 Å². The fraction of sp³-hybridized carbons (Fsp3) is 0.360. The lowest BCUT2D eigenvalue weighted by atomic mass is 10.1. The van der Waals surface area contributed by atoms with Gasteiger partial charge < -0.3 is 14.2 Å². The molecule has 8 nitrogen and oxygen atoms in total. The van der Waals surface area contributed by atoms with E-state index in [1.165, 1.54) is 0 Å². The number of hydrogen-bond donors (Lipinski definition) is 0. The minimum absolute atomic E-state index is 0.110. The number of fused-ring (bicyclic) bond motifs is 1. The summed E-state index contributed by atoms with van der Waals surface area (Å²) >= 11 is 0. The van der Waals surface area contributed by atoms with Crippen LogP contribution in [0.3, 0.4) is 0 Å². The first-order chi connectivity index (χ1) is 16.4. The number of piperidine rings is 1. The number of ether oxygens (including phenoxy) is 1. The molecule has 2 aliphatic heterocycles. The van der Waals surface area contributed by atoms with Gasteiger partial charge in [0.05, 0.1) is 4.90 Å². The third kappa shape index (κ3) is 4.33. The number of nitrogens with zero attached hydrogens (tertiary/aromatic N) is 4. The lowest BCUT2D eigenvalue weighted by molar-refractivity contribution is 0.0989. The van der Waals surface area contributed by atoms with Crippen molar-refractivity contribution < 1.29 is 17.9 Å². The number of benzene rings is 2. The summed E-state index contributed by atoms with van der Waals surface area (Å²) in [4.78, 5) is 19.5. The van der Waals surface area contributed by atoms with Crippen molar-refractivity contribution in [3.8, 4) is 5.75 Å². The normalized spacial score (nSPS) is 16.4.